The van der Waals surface area contributed by atoms with E-state index in [0.717, 1.165) is 0 Å². The molecule has 1 aromatic rings. The van der Waals surface area contributed by atoms with Crippen molar-refractivity contribution in [2.24, 2.45) is 0 Å². The molecule has 0 fully saturated rings. The quantitative estimate of drug-likeness (QED) is 0.622. The van der Waals surface area contributed by atoms with Crippen molar-refractivity contribution in [2.45, 2.75) is 32.4 Å². The average molecular weight is 390 g/mol. The van der Waals surface area contributed by atoms with E-state index in [4.69, 9.17) is 0 Å². The minimum absolute atomic E-state index is 0.0732. The summed E-state index contributed by atoms with van der Waals surface area (Å²) in [4.78, 5) is 18.4. The molecule has 0 bridgehead atoms. The number of ether oxygens (including phenoxy) is 1. The predicted molar refractivity (Wildman–Crippen MR) is 72.2 cm³/mol. The van der Waals surface area contributed by atoms with Gasteiger partial charge in [-0.05, 0) is 28.5 Å². The summed E-state index contributed by atoms with van der Waals surface area (Å²) in [6.07, 6.45) is -4.20. The third-order valence-corrected chi connectivity index (χ3v) is 3.28. The number of hydrogen-bond donors (Lipinski definition) is 1. The van der Waals surface area contributed by atoms with E-state index in [0.29, 0.717) is 15.1 Å². The molecule has 0 atom stereocenters. The summed E-state index contributed by atoms with van der Waals surface area (Å²) in [7, 11) is 0. The maximum absolute atomic E-state index is 11.9. The van der Waals surface area contributed by atoms with E-state index in [1.165, 1.54) is 0 Å². The number of rotatable bonds is 5. The highest BCUT2D eigenvalue weighted by Gasteiger charge is 2.27. The Bertz CT molecular complexity index is 486. The molecular weight excluding hydrogens is 376 g/mol. The van der Waals surface area contributed by atoms with Crippen molar-refractivity contribution >= 4 is 22.6 Å². The molecule has 0 amide bonds. The van der Waals surface area contributed by atoms with Gasteiger partial charge in [-0.2, -0.15) is 13.2 Å². The van der Waals surface area contributed by atoms with Gasteiger partial charge in [-0.1, -0.05) is 13.8 Å². The summed E-state index contributed by atoms with van der Waals surface area (Å²) in [6.45, 7) is 2.36. The van der Waals surface area contributed by atoms with E-state index in [9.17, 15) is 18.0 Å². The average Bonchev–Trinajstić information content (AvgIpc) is 2.27. The molecule has 1 rings (SSSR count). The zero-order valence-corrected chi connectivity index (χ0v) is 12.6. The Labute approximate surface area is 121 Å². The minimum atomic E-state index is -4.34. The molecule has 0 spiro atoms. The number of halogens is 4. The molecule has 0 saturated carbocycles. The Kier molecular flexibility index (Phi) is 5.78. The van der Waals surface area contributed by atoms with Crippen molar-refractivity contribution in [1.82, 2.24) is 9.97 Å². The Morgan fingerprint density at radius 3 is 2.58 bits per heavy atom. The standard InChI is InChI=1S/C11H14F3IN2O2/c1-6(2)9-8(15)10(18)17-7(16-9)3-4-19-5-11(12,13)14/h6H,3-5H2,1-2H3,(H,16,17,18). The number of H-pyrrole nitrogens is 1. The molecule has 1 aromatic heterocycles. The summed E-state index contributed by atoms with van der Waals surface area (Å²) in [5.74, 6) is 0.417. The lowest BCUT2D eigenvalue weighted by Gasteiger charge is -2.10. The van der Waals surface area contributed by atoms with Gasteiger partial charge < -0.3 is 9.72 Å². The van der Waals surface area contributed by atoms with Crippen LogP contribution in [0, 0.1) is 3.57 Å². The number of aromatic nitrogens is 2. The summed E-state index contributed by atoms with van der Waals surface area (Å²) in [5, 5.41) is 0. The molecule has 0 unspecified atom stereocenters. The van der Waals surface area contributed by atoms with Crippen LogP contribution in [0.5, 0.6) is 0 Å². The van der Waals surface area contributed by atoms with Gasteiger partial charge in [0.15, 0.2) is 0 Å². The van der Waals surface area contributed by atoms with E-state index in [1.54, 1.807) is 0 Å². The van der Waals surface area contributed by atoms with Gasteiger partial charge in [0.2, 0.25) is 0 Å². The second kappa shape index (κ2) is 6.69. The lowest BCUT2D eigenvalue weighted by molar-refractivity contribution is -0.173. The zero-order valence-electron chi connectivity index (χ0n) is 10.5. The van der Waals surface area contributed by atoms with E-state index in [-0.39, 0.29) is 24.5 Å². The molecule has 1 heterocycles. The maximum atomic E-state index is 11.9. The van der Waals surface area contributed by atoms with Gasteiger partial charge >= 0.3 is 6.18 Å². The van der Waals surface area contributed by atoms with E-state index in [1.807, 2.05) is 36.4 Å². The van der Waals surface area contributed by atoms with Crippen molar-refractivity contribution < 1.29 is 17.9 Å². The van der Waals surface area contributed by atoms with Crippen molar-refractivity contribution in [3.63, 3.8) is 0 Å². The van der Waals surface area contributed by atoms with Crippen molar-refractivity contribution in [2.75, 3.05) is 13.2 Å². The van der Waals surface area contributed by atoms with Crippen LogP contribution in [-0.2, 0) is 11.2 Å². The normalized spacial score (nSPS) is 12.2. The highest BCUT2D eigenvalue weighted by Crippen LogP contribution is 2.16. The van der Waals surface area contributed by atoms with Crippen LogP contribution in [0.25, 0.3) is 0 Å². The number of nitrogens with zero attached hydrogens (tertiary/aromatic N) is 1. The van der Waals surface area contributed by atoms with E-state index >= 15 is 0 Å². The first-order chi connectivity index (χ1) is 8.70. The Hall–Kier alpha value is -0.640. The number of nitrogens with one attached hydrogen (secondary N) is 1. The predicted octanol–water partition coefficient (Wildman–Crippen LogP) is 2.62. The first-order valence-corrected chi connectivity index (χ1v) is 6.71. The lowest BCUT2D eigenvalue weighted by Crippen LogP contribution is -2.21. The van der Waals surface area contributed by atoms with Crippen LogP contribution in [0.4, 0.5) is 13.2 Å². The van der Waals surface area contributed by atoms with Gasteiger partial charge in [0.1, 0.15) is 12.4 Å². The van der Waals surface area contributed by atoms with Crippen LogP contribution in [0.3, 0.4) is 0 Å². The van der Waals surface area contributed by atoms with Crippen LogP contribution >= 0.6 is 22.6 Å². The molecule has 8 heteroatoms. The van der Waals surface area contributed by atoms with Crippen LogP contribution in [0.15, 0.2) is 4.79 Å². The molecule has 0 saturated heterocycles. The largest absolute Gasteiger partial charge is 0.411 e. The van der Waals surface area contributed by atoms with Crippen LogP contribution in [0.1, 0.15) is 31.3 Å². The van der Waals surface area contributed by atoms with Crippen molar-refractivity contribution in [1.29, 1.82) is 0 Å². The van der Waals surface area contributed by atoms with Crippen molar-refractivity contribution in [3.8, 4) is 0 Å². The Balaban J connectivity index is 2.67. The molecule has 0 aliphatic rings. The minimum Gasteiger partial charge on any atom is -0.372 e. The summed E-state index contributed by atoms with van der Waals surface area (Å²) in [6, 6.07) is 0. The second-order valence-corrected chi connectivity index (χ2v) is 5.36. The summed E-state index contributed by atoms with van der Waals surface area (Å²) in [5.41, 5.74) is 0.375. The van der Waals surface area contributed by atoms with Crippen LogP contribution in [0.2, 0.25) is 0 Å². The monoisotopic (exact) mass is 390 g/mol. The molecule has 0 aliphatic carbocycles. The molecular formula is C11H14F3IN2O2. The second-order valence-electron chi connectivity index (χ2n) is 4.28. The first-order valence-electron chi connectivity index (χ1n) is 5.64. The van der Waals surface area contributed by atoms with Gasteiger partial charge in [-0.3, -0.25) is 4.79 Å². The van der Waals surface area contributed by atoms with Crippen LogP contribution in [-0.4, -0.2) is 29.4 Å². The van der Waals surface area contributed by atoms with Gasteiger partial charge in [0, 0.05) is 6.42 Å². The van der Waals surface area contributed by atoms with Gasteiger partial charge in [-0.25, -0.2) is 4.98 Å². The Morgan fingerprint density at radius 1 is 1.42 bits per heavy atom. The van der Waals surface area contributed by atoms with Gasteiger partial charge in [-0.15, -0.1) is 0 Å². The van der Waals surface area contributed by atoms with Gasteiger partial charge in [0.05, 0.1) is 15.9 Å². The molecule has 108 valence electrons. The molecule has 0 aromatic carbocycles. The lowest BCUT2D eigenvalue weighted by atomic mass is 10.1. The first kappa shape index (κ1) is 16.4. The summed E-state index contributed by atoms with van der Waals surface area (Å²) < 4.78 is 40.6. The fourth-order valence-corrected chi connectivity index (χ4v) is 2.26. The van der Waals surface area contributed by atoms with Crippen molar-refractivity contribution in [3.05, 3.63) is 25.4 Å². The van der Waals surface area contributed by atoms with E-state index < -0.39 is 12.8 Å². The number of alkyl halides is 3. The van der Waals surface area contributed by atoms with Crippen LogP contribution < -0.4 is 5.56 Å². The maximum Gasteiger partial charge on any atom is 0.411 e. The number of aromatic amines is 1. The topological polar surface area (TPSA) is 55.0 Å². The van der Waals surface area contributed by atoms with Gasteiger partial charge in [0.25, 0.3) is 5.56 Å². The highest BCUT2D eigenvalue weighted by atomic mass is 127. The molecule has 0 aliphatic heterocycles. The molecule has 1 N–H and O–H groups in total. The SMILES string of the molecule is CC(C)c1nc(CCOCC(F)(F)F)[nH]c(=O)c1I. The fourth-order valence-electron chi connectivity index (χ4n) is 1.38. The third kappa shape index (κ3) is 5.47. The molecule has 0 radical (unpaired) electrons. The van der Waals surface area contributed by atoms with E-state index in [2.05, 4.69) is 14.7 Å². The fraction of sp³-hybridized carbons (Fsp3) is 0.636. The third-order valence-electron chi connectivity index (χ3n) is 2.23. The highest BCUT2D eigenvalue weighted by molar-refractivity contribution is 14.1. The Morgan fingerprint density at radius 2 is 2.05 bits per heavy atom. The molecule has 4 nitrogen and oxygen atoms in total. The molecule has 19 heavy (non-hydrogen) atoms. The number of hydrogen-bond acceptors (Lipinski definition) is 3. The zero-order chi connectivity index (χ0) is 14.6. The summed E-state index contributed by atoms with van der Waals surface area (Å²) >= 11 is 1.91. The smallest absolute Gasteiger partial charge is 0.372 e.